The van der Waals surface area contributed by atoms with Crippen LogP contribution >= 0.6 is 0 Å². The van der Waals surface area contributed by atoms with Crippen molar-refractivity contribution in [3.8, 4) is 0 Å². The predicted octanol–water partition coefficient (Wildman–Crippen LogP) is 2.11. The Balaban J connectivity index is 2.08. The third-order valence-electron chi connectivity index (χ3n) is 3.84. The van der Waals surface area contributed by atoms with Crippen molar-refractivity contribution in [1.82, 2.24) is 4.90 Å². The number of hydrogen-bond acceptors (Lipinski definition) is 3. The lowest BCUT2D eigenvalue weighted by atomic mass is 10.0. The number of nitrogens with zero attached hydrogens (tertiary/aromatic N) is 2. The Hall–Kier alpha value is -1.22. The molecule has 0 radical (unpaired) electrons. The van der Waals surface area contributed by atoms with E-state index in [0.717, 1.165) is 24.8 Å². The Morgan fingerprint density at radius 2 is 1.88 bits per heavy atom. The Bertz CT molecular complexity index is 379. The van der Waals surface area contributed by atoms with E-state index in [0.29, 0.717) is 0 Å². The maximum Gasteiger partial charge on any atom is 0.0602 e. The average molecular weight is 233 g/mol. The maximum atomic E-state index is 6.16. The molecule has 1 aromatic rings. The van der Waals surface area contributed by atoms with Gasteiger partial charge in [0.2, 0.25) is 0 Å². The maximum absolute atomic E-state index is 6.16. The van der Waals surface area contributed by atoms with E-state index in [1.54, 1.807) is 0 Å². The van der Waals surface area contributed by atoms with Gasteiger partial charge in [-0.2, -0.15) is 0 Å². The van der Waals surface area contributed by atoms with E-state index in [-0.39, 0.29) is 0 Å². The van der Waals surface area contributed by atoms with Crippen LogP contribution in [0.25, 0.3) is 0 Å². The summed E-state index contributed by atoms with van der Waals surface area (Å²) in [5, 5.41) is 0. The molecule has 1 aliphatic rings. The largest absolute Gasteiger partial charge is 0.397 e. The fourth-order valence-corrected chi connectivity index (χ4v) is 2.56. The summed E-state index contributed by atoms with van der Waals surface area (Å²) >= 11 is 0. The van der Waals surface area contributed by atoms with Crippen molar-refractivity contribution < 1.29 is 0 Å². The lowest BCUT2D eigenvalue weighted by Crippen LogP contribution is -2.42. The highest BCUT2D eigenvalue weighted by atomic mass is 15.2. The summed E-state index contributed by atoms with van der Waals surface area (Å²) in [7, 11) is 4.34. The van der Waals surface area contributed by atoms with Crippen molar-refractivity contribution in [2.24, 2.45) is 0 Å². The topological polar surface area (TPSA) is 32.5 Å². The molecule has 1 saturated heterocycles. The van der Waals surface area contributed by atoms with Crippen LogP contribution in [0.15, 0.2) is 18.2 Å². The highest BCUT2D eigenvalue weighted by Gasteiger charge is 2.21. The molecule has 0 unspecified atom stereocenters. The zero-order valence-electron chi connectivity index (χ0n) is 11.1. The lowest BCUT2D eigenvalue weighted by molar-refractivity contribution is 0.250. The van der Waals surface area contributed by atoms with Crippen LogP contribution in [0.2, 0.25) is 0 Å². The highest BCUT2D eigenvalue weighted by molar-refractivity contribution is 5.71. The quantitative estimate of drug-likeness (QED) is 0.794. The third-order valence-corrected chi connectivity index (χ3v) is 3.84. The minimum Gasteiger partial charge on any atom is -0.397 e. The van der Waals surface area contributed by atoms with Gasteiger partial charge in [0.1, 0.15) is 0 Å². The number of anilines is 2. The molecule has 0 atom stereocenters. The molecule has 1 fully saturated rings. The van der Waals surface area contributed by atoms with Gasteiger partial charge in [0.05, 0.1) is 11.4 Å². The molecule has 3 heteroatoms. The van der Waals surface area contributed by atoms with Gasteiger partial charge in [-0.05, 0) is 45.5 Å². The summed E-state index contributed by atoms with van der Waals surface area (Å²) in [5.41, 5.74) is 9.48. The molecular weight excluding hydrogens is 210 g/mol. The van der Waals surface area contributed by atoms with Crippen LogP contribution in [0.1, 0.15) is 18.4 Å². The summed E-state index contributed by atoms with van der Waals surface area (Å²) in [6.45, 7) is 4.29. The summed E-state index contributed by atoms with van der Waals surface area (Å²) in [6, 6.07) is 7.03. The zero-order chi connectivity index (χ0) is 12.4. The smallest absolute Gasteiger partial charge is 0.0602 e. The second-order valence-electron chi connectivity index (χ2n) is 5.19. The number of rotatable bonds is 2. The number of aryl methyl sites for hydroxylation is 1. The molecule has 3 nitrogen and oxygen atoms in total. The van der Waals surface area contributed by atoms with Gasteiger partial charge in [0.15, 0.2) is 0 Å². The number of hydrogen-bond donors (Lipinski definition) is 1. The normalized spacial score (nSPS) is 17.8. The molecule has 1 heterocycles. The molecule has 0 aliphatic carbocycles. The van der Waals surface area contributed by atoms with Gasteiger partial charge < -0.3 is 15.5 Å². The second-order valence-corrected chi connectivity index (χ2v) is 5.19. The van der Waals surface area contributed by atoms with E-state index in [2.05, 4.69) is 49.0 Å². The Kier molecular flexibility index (Phi) is 3.57. The van der Waals surface area contributed by atoms with Crippen molar-refractivity contribution in [2.75, 3.05) is 37.8 Å². The molecule has 0 amide bonds. The van der Waals surface area contributed by atoms with E-state index in [1.165, 1.54) is 24.1 Å². The number of benzene rings is 1. The molecule has 2 N–H and O–H groups in total. The van der Waals surface area contributed by atoms with Crippen LogP contribution in [0.3, 0.4) is 0 Å². The summed E-state index contributed by atoms with van der Waals surface area (Å²) in [5.74, 6) is 0. The highest BCUT2D eigenvalue weighted by Crippen LogP contribution is 2.29. The van der Waals surface area contributed by atoms with Crippen molar-refractivity contribution in [1.29, 1.82) is 0 Å². The van der Waals surface area contributed by atoms with E-state index >= 15 is 0 Å². The molecule has 1 aliphatic heterocycles. The Morgan fingerprint density at radius 3 is 2.47 bits per heavy atom. The van der Waals surface area contributed by atoms with Gasteiger partial charge in [-0.15, -0.1) is 0 Å². The number of para-hydroxylation sites is 1. The van der Waals surface area contributed by atoms with Crippen molar-refractivity contribution in [3.63, 3.8) is 0 Å². The number of nitrogens with two attached hydrogens (primary N) is 1. The van der Waals surface area contributed by atoms with Crippen molar-refractivity contribution in [3.05, 3.63) is 23.8 Å². The van der Waals surface area contributed by atoms with Gasteiger partial charge in [-0.25, -0.2) is 0 Å². The monoisotopic (exact) mass is 233 g/mol. The second kappa shape index (κ2) is 4.96. The van der Waals surface area contributed by atoms with E-state index in [4.69, 9.17) is 5.73 Å². The van der Waals surface area contributed by atoms with Crippen LogP contribution < -0.4 is 10.6 Å². The van der Waals surface area contributed by atoms with Crippen LogP contribution in [0.5, 0.6) is 0 Å². The molecule has 0 saturated carbocycles. The van der Waals surface area contributed by atoms with E-state index in [1.807, 2.05) is 0 Å². The molecule has 0 spiro atoms. The SMILES string of the molecule is Cc1cccc(N2CCC(N(C)C)CC2)c1N. The summed E-state index contributed by atoms with van der Waals surface area (Å²) < 4.78 is 0. The van der Waals surface area contributed by atoms with Crippen LogP contribution in [0.4, 0.5) is 11.4 Å². The van der Waals surface area contributed by atoms with E-state index in [9.17, 15) is 0 Å². The molecule has 0 bridgehead atoms. The lowest BCUT2D eigenvalue weighted by Gasteiger charge is -2.37. The summed E-state index contributed by atoms with van der Waals surface area (Å²) in [6.07, 6.45) is 2.45. The zero-order valence-corrected chi connectivity index (χ0v) is 11.1. The first-order valence-electron chi connectivity index (χ1n) is 6.36. The van der Waals surface area contributed by atoms with Gasteiger partial charge in [0, 0.05) is 19.1 Å². The molecule has 17 heavy (non-hydrogen) atoms. The van der Waals surface area contributed by atoms with Crippen LogP contribution in [-0.4, -0.2) is 38.1 Å². The minimum atomic E-state index is 0.720. The fraction of sp³-hybridized carbons (Fsp3) is 0.571. The molecule has 1 aromatic carbocycles. The Labute approximate surface area is 104 Å². The first-order chi connectivity index (χ1) is 8.09. The van der Waals surface area contributed by atoms with Gasteiger partial charge in [0.25, 0.3) is 0 Å². The van der Waals surface area contributed by atoms with Crippen LogP contribution in [-0.2, 0) is 0 Å². The first kappa shape index (κ1) is 12.2. The fourth-order valence-electron chi connectivity index (χ4n) is 2.56. The average Bonchev–Trinajstić information content (AvgIpc) is 2.33. The minimum absolute atomic E-state index is 0.720. The van der Waals surface area contributed by atoms with Crippen molar-refractivity contribution >= 4 is 11.4 Å². The number of piperidine rings is 1. The van der Waals surface area contributed by atoms with Crippen LogP contribution in [0, 0.1) is 6.92 Å². The van der Waals surface area contributed by atoms with Gasteiger partial charge >= 0.3 is 0 Å². The molecule has 0 aromatic heterocycles. The summed E-state index contributed by atoms with van der Waals surface area (Å²) in [4.78, 5) is 4.75. The number of nitrogen functional groups attached to an aromatic ring is 1. The molecule has 2 rings (SSSR count). The van der Waals surface area contributed by atoms with Gasteiger partial charge in [-0.1, -0.05) is 12.1 Å². The molecule has 94 valence electrons. The van der Waals surface area contributed by atoms with Gasteiger partial charge in [-0.3, -0.25) is 0 Å². The Morgan fingerprint density at radius 1 is 1.24 bits per heavy atom. The first-order valence-corrected chi connectivity index (χ1v) is 6.36. The molecular formula is C14H23N3. The van der Waals surface area contributed by atoms with Crippen molar-refractivity contribution in [2.45, 2.75) is 25.8 Å². The standard InChI is InChI=1S/C14H23N3/c1-11-5-4-6-13(14(11)15)17-9-7-12(8-10-17)16(2)3/h4-6,12H,7-10,15H2,1-3H3. The van der Waals surface area contributed by atoms with E-state index < -0.39 is 0 Å². The predicted molar refractivity (Wildman–Crippen MR) is 74.5 cm³/mol. The third kappa shape index (κ3) is 2.55.